The highest BCUT2D eigenvalue weighted by atomic mass is 35.5. The van der Waals surface area contributed by atoms with Gasteiger partial charge in [0.25, 0.3) is 0 Å². The predicted molar refractivity (Wildman–Crippen MR) is 105 cm³/mol. The van der Waals surface area contributed by atoms with Crippen LogP contribution in [-0.2, 0) is 21.1 Å². The highest BCUT2D eigenvalue weighted by Gasteiger charge is 2.34. The zero-order valence-electron chi connectivity index (χ0n) is 14.1. The first-order valence-corrected chi connectivity index (χ1v) is 11.3. The fourth-order valence-electron chi connectivity index (χ4n) is 3.02. The zero-order chi connectivity index (χ0) is 18.7. The maximum absolute atomic E-state index is 12.7. The van der Waals surface area contributed by atoms with Crippen molar-refractivity contribution in [3.05, 3.63) is 53.0 Å². The van der Waals surface area contributed by atoms with Crippen LogP contribution in [0.1, 0.15) is 12.1 Å². The van der Waals surface area contributed by atoms with E-state index in [1.54, 1.807) is 17.0 Å². The Balaban J connectivity index is 1.74. The minimum atomic E-state index is -3.06. The zero-order valence-corrected chi connectivity index (χ0v) is 16.5. The molecule has 1 aliphatic rings. The molecule has 1 aromatic carbocycles. The molecule has 2 heterocycles. The first-order chi connectivity index (χ1) is 12.4. The van der Waals surface area contributed by atoms with Crippen LogP contribution in [0.4, 0.5) is 0 Å². The molecule has 1 saturated heterocycles. The lowest BCUT2D eigenvalue weighted by atomic mass is 10.2. The Morgan fingerprint density at radius 3 is 2.85 bits per heavy atom. The Morgan fingerprint density at radius 1 is 1.42 bits per heavy atom. The average molecular weight is 411 g/mol. The molecule has 1 aliphatic heterocycles. The molecule has 1 amide bonds. The molecule has 5 nitrogen and oxygen atoms in total. The number of aromatic nitrogens is 1. The monoisotopic (exact) mass is 410 g/mol. The van der Waals surface area contributed by atoms with Crippen molar-refractivity contribution in [2.75, 3.05) is 18.1 Å². The summed E-state index contributed by atoms with van der Waals surface area (Å²) < 4.78 is 23.5. The Hall–Kier alpha value is -1.70. The van der Waals surface area contributed by atoms with Crippen molar-refractivity contribution in [2.45, 2.75) is 18.9 Å². The van der Waals surface area contributed by atoms with Crippen molar-refractivity contribution in [3.63, 3.8) is 0 Å². The van der Waals surface area contributed by atoms with Gasteiger partial charge in [0.05, 0.1) is 28.6 Å². The van der Waals surface area contributed by atoms with E-state index in [0.717, 1.165) is 10.6 Å². The summed E-state index contributed by atoms with van der Waals surface area (Å²) in [5.74, 6) is 0.0171. The number of benzene rings is 1. The van der Waals surface area contributed by atoms with Crippen LogP contribution in [0.2, 0.25) is 5.02 Å². The smallest absolute Gasteiger partial charge is 0.229 e. The summed E-state index contributed by atoms with van der Waals surface area (Å²) in [6.07, 6.45) is 2.23. The van der Waals surface area contributed by atoms with Gasteiger partial charge in [-0.15, -0.1) is 17.9 Å². The summed E-state index contributed by atoms with van der Waals surface area (Å²) in [4.78, 5) is 18.9. The van der Waals surface area contributed by atoms with Crippen LogP contribution in [0.25, 0.3) is 10.6 Å². The van der Waals surface area contributed by atoms with E-state index in [1.807, 2.05) is 23.6 Å². The van der Waals surface area contributed by atoms with Gasteiger partial charge in [0.1, 0.15) is 5.01 Å². The van der Waals surface area contributed by atoms with Gasteiger partial charge in [0.15, 0.2) is 9.84 Å². The number of amides is 1. The van der Waals surface area contributed by atoms with E-state index < -0.39 is 9.84 Å². The van der Waals surface area contributed by atoms with E-state index in [1.165, 1.54) is 11.3 Å². The van der Waals surface area contributed by atoms with Crippen LogP contribution in [0.5, 0.6) is 0 Å². The van der Waals surface area contributed by atoms with Crippen molar-refractivity contribution in [3.8, 4) is 10.6 Å². The molecule has 0 bridgehead atoms. The largest absolute Gasteiger partial charge is 0.335 e. The topological polar surface area (TPSA) is 67.3 Å². The molecule has 0 aliphatic carbocycles. The lowest BCUT2D eigenvalue weighted by Gasteiger charge is -2.26. The summed E-state index contributed by atoms with van der Waals surface area (Å²) >= 11 is 7.64. The third kappa shape index (κ3) is 4.34. The molecule has 0 N–H and O–H groups in total. The fourth-order valence-corrected chi connectivity index (χ4v) is 5.89. The van der Waals surface area contributed by atoms with Crippen molar-refractivity contribution in [1.29, 1.82) is 0 Å². The van der Waals surface area contributed by atoms with E-state index in [0.29, 0.717) is 23.7 Å². The molecular weight excluding hydrogens is 392 g/mol. The quantitative estimate of drug-likeness (QED) is 0.686. The number of hydrogen-bond acceptors (Lipinski definition) is 5. The standard InChI is InChI=1S/C18H19ClN2O3S2/c1-2-8-21(14-7-9-26(23,24)12-14)17(22)10-13-11-25-18(20-13)15-5-3-4-6-16(15)19/h2-6,11,14H,1,7-10,12H2. The van der Waals surface area contributed by atoms with Gasteiger partial charge >= 0.3 is 0 Å². The van der Waals surface area contributed by atoms with Gasteiger partial charge in [-0.05, 0) is 12.5 Å². The van der Waals surface area contributed by atoms with Crippen molar-refractivity contribution >= 4 is 38.7 Å². The van der Waals surface area contributed by atoms with Gasteiger partial charge in [0.2, 0.25) is 5.91 Å². The summed E-state index contributed by atoms with van der Waals surface area (Å²) in [5, 5.41) is 3.22. The van der Waals surface area contributed by atoms with Crippen LogP contribution >= 0.6 is 22.9 Å². The van der Waals surface area contributed by atoms with E-state index in [4.69, 9.17) is 11.6 Å². The number of halogens is 1. The molecule has 0 radical (unpaired) electrons. The number of nitrogens with zero attached hydrogens (tertiary/aromatic N) is 2. The van der Waals surface area contributed by atoms with Gasteiger partial charge in [0, 0.05) is 23.5 Å². The summed E-state index contributed by atoms with van der Waals surface area (Å²) in [6, 6.07) is 7.15. The lowest BCUT2D eigenvalue weighted by Crippen LogP contribution is -2.42. The van der Waals surface area contributed by atoms with Gasteiger partial charge in [-0.3, -0.25) is 4.79 Å². The van der Waals surface area contributed by atoms with Gasteiger partial charge < -0.3 is 4.90 Å². The molecule has 0 spiro atoms. The second kappa shape index (κ2) is 7.90. The number of carbonyl (C=O) groups is 1. The van der Waals surface area contributed by atoms with Crippen molar-refractivity contribution in [2.24, 2.45) is 0 Å². The van der Waals surface area contributed by atoms with Crippen LogP contribution in [0, 0.1) is 0 Å². The van der Waals surface area contributed by atoms with Crippen molar-refractivity contribution < 1.29 is 13.2 Å². The van der Waals surface area contributed by atoms with Crippen LogP contribution < -0.4 is 0 Å². The van der Waals surface area contributed by atoms with E-state index in [-0.39, 0.29) is 29.9 Å². The summed E-state index contributed by atoms with van der Waals surface area (Å²) in [5.41, 5.74) is 1.49. The molecule has 2 aromatic rings. The number of rotatable bonds is 6. The second-order valence-electron chi connectivity index (χ2n) is 6.19. The maximum atomic E-state index is 12.7. The number of thiazole rings is 1. The molecule has 3 rings (SSSR count). The van der Waals surface area contributed by atoms with Crippen LogP contribution in [0.3, 0.4) is 0 Å². The number of carbonyl (C=O) groups excluding carboxylic acids is 1. The van der Waals surface area contributed by atoms with Gasteiger partial charge in [-0.1, -0.05) is 35.9 Å². The first-order valence-electron chi connectivity index (χ1n) is 8.19. The average Bonchev–Trinajstić information content (AvgIpc) is 3.19. The minimum absolute atomic E-state index is 0.0223. The number of hydrogen-bond donors (Lipinski definition) is 0. The Bertz CT molecular complexity index is 924. The number of sulfone groups is 1. The van der Waals surface area contributed by atoms with E-state index >= 15 is 0 Å². The third-order valence-electron chi connectivity index (χ3n) is 4.28. The maximum Gasteiger partial charge on any atom is 0.229 e. The Kier molecular flexibility index (Phi) is 5.79. The van der Waals surface area contributed by atoms with E-state index in [2.05, 4.69) is 11.6 Å². The van der Waals surface area contributed by atoms with Gasteiger partial charge in [-0.2, -0.15) is 0 Å². The van der Waals surface area contributed by atoms with Gasteiger partial charge in [-0.25, -0.2) is 13.4 Å². The molecule has 1 unspecified atom stereocenters. The molecule has 8 heteroatoms. The summed E-state index contributed by atoms with van der Waals surface area (Å²) in [6.45, 7) is 4.01. The Morgan fingerprint density at radius 2 is 2.19 bits per heavy atom. The predicted octanol–water partition coefficient (Wildman–Crippen LogP) is 3.21. The minimum Gasteiger partial charge on any atom is -0.335 e. The fraction of sp³-hybridized carbons (Fsp3) is 0.333. The van der Waals surface area contributed by atoms with Crippen LogP contribution in [-0.4, -0.2) is 48.3 Å². The molecule has 1 fully saturated rings. The highest BCUT2D eigenvalue weighted by Crippen LogP contribution is 2.30. The second-order valence-corrected chi connectivity index (χ2v) is 9.69. The highest BCUT2D eigenvalue weighted by molar-refractivity contribution is 7.91. The summed E-state index contributed by atoms with van der Waals surface area (Å²) in [7, 11) is -3.06. The molecule has 1 aromatic heterocycles. The molecule has 0 saturated carbocycles. The Labute approximate surface area is 162 Å². The van der Waals surface area contributed by atoms with E-state index in [9.17, 15) is 13.2 Å². The van der Waals surface area contributed by atoms with Crippen LogP contribution in [0.15, 0.2) is 42.3 Å². The lowest BCUT2D eigenvalue weighted by molar-refractivity contribution is -0.131. The first kappa shape index (κ1) is 19.1. The van der Waals surface area contributed by atoms with Crippen molar-refractivity contribution in [1.82, 2.24) is 9.88 Å². The molecule has 138 valence electrons. The third-order valence-corrected chi connectivity index (χ3v) is 7.29. The molecule has 26 heavy (non-hydrogen) atoms. The molecule has 1 atom stereocenters. The SMILES string of the molecule is C=CCN(C(=O)Cc1csc(-c2ccccc2Cl)n1)C1CCS(=O)(=O)C1. The molecular formula is C18H19ClN2O3S2. The normalized spacial score (nSPS) is 18.6.